The van der Waals surface area contributed by atoms with Crippen LogP contribution in [0.4, 0.5) is 0 Å². The number of halogens is 1. The second-order valence-corrected chi connectivity index (χ2v) is 6.35. The molecule has 0 saturated carbocycles. The number of carbonyl (C=O) groups excluding carboxylic acids is 1. The Kier molecular flexibility index (Phi) is 6.96. The number of hydrogen-bond donors (Lipinski definition) is 2. The van der Waals surface area contributed by atoms with E-state index in [0.717, 1.165) is 4.90 Å². The number of aromatic hydroxyl groups is 1. The van der Waals surface area contributed by atoms with E-state index in [0.29, 0.717) is 28.5 Å². The lowest BCUT2D eigenvalue weighted by molar-refractivity contribution is -0.120. The zero-order valence-corrected chi connectivity index (χ0v) is 14.6. The van der Waals surface area contributed by atoms with Crippen LogP contribution in [-0.2, 0) is 4.79 Å². The van der Waals surface area contributed by atoms with Crippen molar-refractivity contribution in [3.05, 3.63) is 53.1 Å². The molecule has 0 aliphatic heterocycles. The van der Waals surface area contributed by atoms with Crippen molar-refractivity contribution < 1.29 is 14.6 Å². The van der Waals surface area contributed by atoms with Crippen LogP contribution in [0, 0.1) is 0 Å². The van der Waals surface area contributed by atoms with Gasteiger partial charge in [0.25, 0.3) is 0 Å². The summed E-state index contributed by atoms with van der Waals surface area (Å²) in [4.78, 5) is 12.8. The Morgan fingerprint density at radius 1 is 1.33 bits per heavy atom. The molecule has 0 heterocycles. The molecule has 2 aromatic rings. The summed E-state index contributed by atoms with van der Waals surface area (Å²) in [5, 5.41) is 14.4. The van der Waals surface area contributed by atoms with E-state index in [1.54, 1.807) is 30.0 Å². The van der Waals surface area contributed by atoms with Gasteiger partial charge in [-0.3, -0.25) is 4.79 Å². The van der Waals surface area contributed by atoms with Gasteiger partial charge in [0, 0.05) is 27.7 Å². The number of rotatable bonds is 7. The van der Waals surface area contributed by atoms with Crippen LogP contribution in [0.25, 0.3) is 0 Å². The molecule has 0 spiro atoms. The number of hydrogen-bond acceptors (Lipinski definition) is 5. The lowest BCUT2D eigenvalue weighted by Crippen LogP contribution is -2.17. The number of benzene rings is 2. The molecule has 1 amide bonds. The number of para-hydroxylation sites is 1. The highest BCUT2D eigenvalue weighted by molar-refractivity contribution is 7.99. The van der Waals surface area contributed by atoms with Gasteiger partial charge in [-0.25, -0.2) is 5.43 Å². The standard InChI is InChI=1S/C17H17ClN2O3S/c1-23-15-4-2-3-12(17(15)22)11-19-20-16(21)9-10-24-14-7-5-13(18)6-8-14/h2-8,11,22H,9-10H2,1H3,(H,20,21)/b19-11-. The van der Waals surface area contributed by atoms with E-state index in [9.17, 15) is 9.90 Å². The molecule has 0 radical (unpaired) electrons. The molecule has 5 nitrogen and oxygen atoms in total. The van der Waals surface area contributed by atoms with Crippen LogP contribution < -0.4 is 10.2 Å². The molecule has 0 aliphatic carbocycles. The van der Waals surface area contributed by atoms with Gasteiger partial charge in [-0.05, 0) is 36.4 Å². The molecular formula is C17H17ClN2O3S. The number of carbonyl (C=O) groups is 1. The van der Waals surface area contributed by atoms with Gasteiger partial charge in [-0.1, -0.05) is 17.7 Å². The van der Waals surface area contributed by atoms with E-state index in [1.165, 1.54) is 13.3 Å². The lowest BCUT2D eigenvalue weighted by atomic mass is 10.2. The third-order valence-electron chi connectivity index (χ3n) is 3.05. The number of phenolic OH excluding ortho intramolecular Hbond substituents is 1. The fourth-order valence-electron chi connectivity index (χ4n) is 1.83. The Balaban J connectivity index is 1.77. The molecule has 0 fully saturated rings. The highest BCUT2D eigenvalue weighted by atomic mass is 35.5. The monoisotopic (exact) mass is 364 g/mol. The first-order valence-electron chi connectivity index (χ1n) is 7.16. The number of phenols is 1. The predicted molar refractivity (Wildman–Crippen MR) is 97.2 cm³/mol. The average Bonchev–Trinajstić information content (AvgIpc) is 2.58. The number of nitrogens with one attached hydrogen (secondary N) is 1. The Morgan fingerprint density at radius 3 is 2.79 bits per heavy atom. The van der Waals surface area contributed by atoms with Crippen molar-refractivity contribution in [3.63, 3.8) is 0 Å². The first-order chi connectivity index (χ1) is 11.6. The highest BCUT2D eigenvalue weighted by Crippen LogP contribution is 2.27. The number of ether oxygens (including phenoxy) is 1. The summed E-state index contributed by atoms with van der Waals surface area (Å²) >= 11 is 7.39. The zero-order chi connectivity index (χ0) is 17.4. The summed E-state index contributed by atoms with van der Waals surface area (Å²) in [7, 11) is 1.47. The summed E-state index contributed by atoms with van der Waals surface area (Å²) in [6.07, 6.45) is 1.71. The third kappa shape index (κ3) is 5.47. The Morgan fingerprint density at radius 2 is 2.08 bits per heavy atom. The predicted octanol–water partition coefficient (Wildman–Crippen LogP) is 3.69. The highest BCUT2D eigenvalue weighted by Gasteiger charge is 2.05. The van der Waals surface area contributed by atoms with Crippen molar-refractivity contribution in [1.29, 1.82) is 0 Å². The smallest absolute Gasteiger partial charge is 0.240 e. The van der Waals surface area contributed by atoms with E-state index in [2.05, 4.69) is 10.5 Å². The van der Waals surface area contributed by atoms with Crippen molar-refractivity contribution in [2.45, 2.75) is 11.3 Å². The summed E-state index contributed by atoms with van der Waals surface area (Å²) in [6.45, 7) is 0. The van der Waals surface area contributed by atoms with Gasteiger partial charge in [0.15, 0.2) is 11.5 Å². The van der Waals surface area contributed by atoms with Crippen LogP contribution in [0.5, 0.6) is 11.5 Å². The van der Waals surface area contributed by atoms with Gasteiger partial charge >= 0.3 is 0 Å². The second kappa shape index (κ2) is 9.20. The van der Waals surface area contributed by atoms with Crippen LogP contribution in [0.3, 0.4) is 0 Å². The average molecular weight is 365 g/mol. The van der Waals surface area contributed by atoms with Crippen molar-refractivity contribution in [2.24, 2.45) is 5.10 Å². The van der Waals surface area contributed by atoms with Crippen molar-refractivity contribution >= 4 is 35.5 Å². The van der Waals surface area contributed by atoms with Crippen molar-refractivity contribution in [3.8, 4) is 11.5 Å². The molecular weight excluding hydrogens is 348 g/mol. The van der Waals surface area contributed by atoms with E-state index < -0.39 is 0 Å². The van der Waals surface area contributed by atoms with Gasteiger partial charge in [0.1, 0.15) is 0 Å². The topological polar surface area (TPSA) is 70.9 Å². The first kappa shape index (κ1) is 18.2. The lowest BCUT2D eigenvalue weighted by Gasteiger charge is -2.05. The first-order valence-corrected chi connectivity index (χ1v) is 8.52. The fraction of sp³-hybridized carbons (Fsp3) is 0.176. The molecule has 2 aromatic carbocycles. The summed E-state index contributed by atoms with van der Waals surface area (Å²) in [6, 6.07) is 12.5. The molecule has 2 N–H and O–H groups in total. The van der Waals surface area contributed by atoms with Gasteiger partial charge in [-0.15, -0.1) is 11.8 Å². The summed E-state index contributed by atoms with van der Waals surface area (Å²) in [5.41, 5.74) is 2.90. The van der Waals surface area contributed by atoms with Crippen LogP contribution in [0.1, 0.15) is 12.0 Å². The van der Waals surface area contributed by atoms with E-state index >= 15 is 0 Å². The number of methoxy groups -OCH3 is 1. The van der Waals surface area contributed by atoms with Crippen LogP contribution >= 0.6 is 23.4 Å². The molecule has 24 heavy (non-hydrogen) atoms. The molecule has 7 heteroatoms. The molecule has 0 bridgehead atoms. The zero-order valence-electron chi connectivity index (χ0n) is 13.0. The minimum atomic E-state index is -0.199. The summed E-state index contributed by atoms with van der Waals surface area (Å²) < 4.78 is 5.01. The Hall–Kier alpha value is -2.18. The van der Waals surface area contributed by atoms with E-state index in [4.69, 9.17) is 16.3 Å². The fourth-order valence-corrected chi connectivity index (χ4v) is 2.81. The number of amides is 1. The number of hydrazone groups is 1. The second-order valence-electron chi connectivity index (χ2n) is 4.74. The Labute approximate surface area is 149 Å². The number of nitrogens with zero attached hydrogens (tertiary/aromatic N) is 1. The Bertz CT molecular complexity index is 720. The third-order valence-corrected chi connectivity index (χ3v) is 4.32. The minimum Gasteiger partial charge on any atom is -0.504 e. The SMILES string of the molecule is COc1cccc(/C=N\NC(=O)CCSc2ccc(Cl)cc2)c1O. The van der Waals surface area contributed by atoms with E-state index in [-0.39, 0.29) is 11.7 Å². The normalized spacial score (nSPS) is 10.8. The molecule has 0 saturated heterocycles. The molecule has 0 aromatic heterocycles. The maximum atomic E-state index is 11.7. The van der Waals surface area contributed by atoms with Gasteiger partial charge in [0.05, 0.1) is 13.3 Å². The number of thioether (sulfide) groups is 1. The van der Waals surface area contributed by atoms with Crippen molar-refractivity contribution in [1.82, 2.24) is 5.43 Å². The molecule has 0 aliphatic rings. The molecule has 0 atom stereocenters. The summed E-state index contributed by atoms with van der Waals surface area (Å²) in [5.74, 6) is 0.768. The van der Waals surface area contributed by atoms with Crippen LogP contribution in [0.15, 0.2) is 52.5 Å². The maximum absolute atomic E-state index is 11.7. The van der Waals surface area contributed by atoms with Gasteiger partial charge in [0.2, 0.25) is 5.91 Å². The van der Waals surface area contributed by atoms with E-state index in [1.807, 2.05) is 24.3 Å². The van der Waals surface area contributed by atoms with Gasteiger partial charge < -0.3 is 9.84 Å². The van der Waals surface area contributed by atoms with Crippen LogP contribution in [-0.4, -0.2) is 30.1 Å². The van der Waals surface area contributed by atoms with Gasteiger partial charge in [-0.2, -0.15) is 5.10 Å². The quantitative estimate of drug-likeness (QED) is 0.446. The largest absolute Gasteiger partial charge is 0.504 e. The van der Waals surface area contributed by atoms with Crippen LogP contribution in [0.2, 0.25) is 5.02 Å². The molecule has 0 unspecified atom stereocenters. The minimum absolute atomic E-state index is 0.0173. The molecule has 2 rings (SSSR count). The maximum Gasteiger partial charge on any atom is 0.240 e. The molecule has 126 valence electrons. The van der Waals surface area contributed by atoms with Crippen molar-refractivity contribution in [2.75, 3.05) is 12.9 Å².